The van der Waals surface area contributed by atoms with Crippen LogP contribution in [0.3, 0.4) is 0 Å². The predicted octanol–water partition coefficient (Wildman–Crippen LogP) is 3.97. The Balaban J connectivity index is 1.69. The van der Waals surface area contributed by atoms with E-state index in [1.807, 2.05) is 23.6 Å². The first-order valence-corrected chi connectivity index (χ1v) is 8.48. The molecule has 5 heteroatoms. The maximum Gasteiger partial charge on any atom is 0.274 e. The largest absolute Gasteiger partial charge is 0.336 e. The highest BCUT2D eigenvalue weighted by molar-refractivity contribution is 7.13. The molecular formula is C18H19N3OS. The number of H-pyrrole nitrogens is 1. The number of hydrogen-bond acceptors (Lipinski definition) is 3. The summed E-state index contributed by atoms with van der Waals surface area (Å²) in [5, 5.41) is 9.09. The Morgan fingerprint density at radius 3 is 2.61 bits per heavy atom. The molecule has 0 bridgehead atoms. The third-order valence-corrected chi connectivity index (χ3v) is 4.68. The topological polar surface area (TPSA) is 49.0 Å². The fourth-order valence-corrected chi connectivity index (χ4v) is 3.10. The van der Waals surface area contributed by atoms with E-state index in [0.717, 1.165) is 22.6 Å². The molecule has 0 aliphatic carbocycles. The quantitative estimate of drug-likeness (QED) is 0.771. The van der Waals surface area contributed by atoms with Gasteiger partial charge in [0.1, 0.15) is 0 Å². The molecule has 0 aliphatic rings. The molecule has 0 unspecified atom stereocenters. The Kier molecular flexibility index (Phi) is 4.57. The zero-order valence-electron chi connectivity index (χ0n) is 13.2. The lowest BCUT2D eigenvalue weighted by Crippen LogP contribution is -2.26. The van der Waals surface area contributed by atoms with Gasteiger partial charge in [-0.25, -0.2) is 0 Å². The molecule has 2 heterocycles. The summed E-state index contributed by atoms with van der Waals surface area (Å²) >= 11 is 1.62. The Labute approximate surface area is 139 Å². The van der Waals surface area contributed by atoms with E-state index < -0.39 is 0 Å². The summed E-state index contributed by atoms with van der Waals surface area (Å²) in [7, 11) is 1.80. The highest BCUT2D eigenvalue weighted by Crippen LogP contribution is 2.23. The van der Waals surface area contributed by atoms with Gasteiger partial charge >= 0.3 is 0 Å². The van der Waals surface area contributed by atoms with Crippen molar-refractivity contribution in [2.24, 2.45) is 0 Å². The van der Waals surface area contributed by atoms with Crippen LogP contribution in [0.5, 0.6) is 0 Å². The third-order valence-electron chi connectivity index (χ3n) is 3.78. The minimum absolute atomic E-state index is 0.0800. The van der Waals surface area contributed by atoms with Crippen molar-refractivity contribution < 1.29 is 4.79 Å². The van der Waals surface area contributed by atoms with E-state index in [4.69, 9.17) is 0 Å². The van der Waals surface area contributed by atoms with E-state index in [2.05, 4.69) is 41.4 Å². The Bertz CT molecular complexity index is 775. The number of carbonyl (C=O) groups excluding carboxylic acids is 1. The van der Waals surface area contributed by atoms with Gasteiger partial charge in [-0.3, -0.25) is 9.89 Å². The molecule has 0 spiro atoms. The number of aryl methyl sites for hydroxylation is 1. The molecule has 3 rings (SSSR count). The fourth-order valence-electron chi connectivity index (χ4n) is 2.41. The maximum absolute atomic E-state index is 12.5. The van der Waals surface area contributed by atoms with Gasteiger partial charge in [0.05, 0.1) is 10.6 Å². The van der Waals surface area contributed by atoms with Crippen molar-refractivity contribution in [2.45, 2.75) is 19.9 Å². The number of amides is 1. The summed E-state index contributed by atoms with van der Waals surface area (Å²) in [5.41, 5.74) is 3.74. The molecule has 0 saturated heterocycles. The van der Waals surface area contributed by atoms with Crippen LogP contribution in [-0.2, 0) is 13.0 Å². The molecule has 3 aromatic rings. The third kappa shape index (κ3) is 3.51. The van der Waals surface area contributed by atoms with Gasteiger partial charge in [0.25, 0.3) is 5.91 Å². The monoisotopic (exact) mass is 325 g/mol. The molecule has 1 aromatic carbocycles. The van der Waals surface area contributed by atoms with Gasteiger partial charge in [-0.2, -0.15) is 5.10 Å². The average Bonchev–Trinajstić information content (AvgIpc) is 3.26. The second kappa shape index (κ2) is 6.79. The fraction of sp³-hybridized carbons (Fsp3) is 0.222. The second-order valence-corrected chi connectivity index (χ2v) is 6.42. The van der Waals surface area contributed by atoms with Gasteiger partial charge in [0.2, 0.25) is 0 Å². The van der Waals surface area contributed by atoms with Gasteiger partial charge in [0.15, 0.2) is 5.69 Å². The number of nitrogens with zero attached hydrogens (tertiary/aromatic N) is 2. The maximum atomic E-state index is 12.5. The molecule has 2 aromatic heterocycles. The molecular weight excluding hydrogens is 306 g/mol. The Hall–Kier alpha value is -2.40. The number of carbonyl (C=O) groups is 1. The van der Waals surface area contributed by atoms with Crippen molar-refractivity contribution in [2.75, 3.05) is 7.05 Å². The van der Waals surface area contributed by atoms with E-state index in [0.29, 0.717) is 12.2 Å². The lowest BCUT2D eigenvalue weighted by atomic mass is 10.1. The van der Waals surface area contributed by atoms with Crippen LogP contribution in [-0.4, -0.2) is 28.1 Å². The van der Waals surface area contributed by atoms with Crippen LogP contribution in [0.15, 0.2) is 47.8 Å². The minimum Gasteiger partial charge on any atom is -0.336 e. The van der Waals surface area contributed by atoms with Crippen molar-refractivity contribution in [1.29, 1.82) is 0 Å². The smallest absolute Gasteiger partial charge is 0.274 e. The summed E-state index contributed by atoms with van der Waals surface area (Å²) in [6.07, 6.45) is 1.02. The number of nitrogens with one attached hydrogen (secondary N) is 1. The number of aromatic nitrogens is 2. The van der Waals surface area contributed by atoms with Crippen LogP contribution in [0, 0.1) is 0 Å². The normalized spacial score (nSPS) is 10.7. The number of hydrogen-bond donors (Lipinski definition) is 1. The zero-order chi connectivity index (χ0) is 16.2. The van der Waals surface area contributed by atoms with Crippen LogP contribution < -0.4 is 0 Å². The van der Waals surface area contributed by atoms with Gasteiger partial charge < -0.3 is 4.90 Å². The van der Waals surface area contributed by atoms with E-state index in [1.165, 1.54) is 5.56 Å². The first-order chi connectivity index (χ1) is 11.2. The van der Waals surface area contributed by atoms with Crippen LogP contribution in [0.25, 0.3) is 10.6 Å². The molecule has 118 valence electrons. The van der Waals surface area contributed by atoms with Crippen molar-refractivity contribution in [3.63, 3.8) is 0 Å². The molecule has 0 aliphatic heterocycles. The van der Waals surface area contributed by atoms with Crippen molar-refractivity contribution >= 4 is 17.2 Å². The van der Waals surface area contributed by atoms with Crippen LogP contribution in [0.2, 0.25) is 0 Å². The summed E-state index contributed by atoms with van der Waals surface area (Å²) in [5.74, 6) is -0.0800. The van der Waals surface area contributed by atoms with E-state index >= 15 is 0 Å². The standard InChI is InChI=1S/C18H19N3OS/c1-3-13-6-8-14(9-7-13)12-21(2)18(22)16-11-15(19-20-16)17-5-4-10-23-17/h4-11H,3,12H2,1-2H3,(H,19,20). The summed E-state index contributed by atoms with van der Waals surface area (Å²) in [6.45, 7) is 2.71. The first kappa shape index (κ1) is 15.5. The summed E-state index contributed by atoms with van der Waals surface area (Å²) in [4.78, 5) is 15.3. The van der Waals surface area contributed by atoms with Crippen LogP contribution in [0.4, 0.5) is 0 Å². The van der Waals surface area contributed by atoms with E-state index in [9.17, 15) is 4.79 Å². The molecule has 1 amide bonds. The first-order valence-electron chi connectivity index (χ1n) is 7.60. The number of benzene rings is 1. The molecule has 0 radical (unpaired) electrons. The summed E-state index contributed by atoms with van der Waals surface area (Å²) in [6, 6.07) is 14.2. The lowest BCUT2D eigenvalue weighted by Gasteiger charge is -2.16. The van der Waals surface area contributed by atoms with Gasteiger partial charge in [-0.1, -0.05) is 37.3 Å². The number of rotatable bonds is 5. The SMILES string of the molecule is CCc1ccc(CN(C)C(=O)c2cc(-c3cccs3)[nH]n2)cc1. The molecule has 0 fully saturated rings. The average molecular weight is 325 g/mol. The predicted molar refractivity (Wildman–Crippen MR) is 93.5 cm³/mol. The molecule has 23 heavy (non-hydrogen) atoms. The van der Waals surface area contributed by atoms with E-state index in [1.54, 1.807) is 23.3 Å². The van der Waals surface area contributed by atoms with Gasteiger partial charge in [-0.15, -0.1) is 11.3 Å². The Morgan fingerprint density at radius 1 is 1.22 bits per heavy atom. The van der Waals surface area contributed by atoms with E-state index in [-0.39, 0.29) is 5.91 Å². The van der Waals surface area contributed by atoms with Gasteiger partial charge in [0, 0.05) is 13.6 Å². The highest BCUT2D eigenvalue weighted by atomic mass is 32.1. The Morgan fingerprint density at radius 2 is 1.96 bits per heavy atom. The molecule has 4 nitrogen and oxygen atoms in total. The number of thiophene rings is 1. The van der Waals surface area contributed by atoms with Crippen molar-refractivity contribution in [3.8, 4) is 10.6 Å². The van der Waals surface area contributed by atoms with Gasteiger partial charge in [-0.05, 0) is 35.1 Å². The zero-order valence-corrected chi connectivity index (χ0v) is 14.1. The molecule has 1 N–H and O–H groups in total. The minimum atomic E-state index is -0.0800. The molecule has 0 atom stereocenters. The lowest BCUT2D eigenvalue weighted by molar-refractivity contribution is 0.0779. The van der Waals surface area contributed by atoms with Crippen LogP contribution >= 0.6 is 11.3 Å². The summed E-state index contributed by atoms with van der Waals surface area (Å²) < 4.78 is 0. The molecule has 0 saturated carbocycles. The van der Waals surface area contributed by atoms with Crippen molar-refractivity contribution in [3.05, 3.63) is 64.7 Å². The van der Waals surface area contributed by atoms with Crippen molar-refractivity contribution in [1.82, 2.24) is 15.1 Å². The second-order valence-electron chi connectivity index (χ2n) is 5.48. The number of aromatic amines is 1. The highest BCUT2D eigenvalue weighted by Gasteiger charge is 2.16. The van der Waals surface area contributed by atoms with Crippen LogP contribution in [0.1, 0.15) is 28.5 Å².